The summed E-state index contributed by atoms with van der Waals surface area (Å²) in [5.74, 6) is -0.426. The van der Waals surface area contributed by atoms with Gasteiger partial charge in [-0.05, 0) is 25.3 Å². The van der Waals surface area contributed by atoms with E-state index in [1.165, 1.54) is 18.3 Å². The van der Waals surface area contributed by atoms with Crippen LogP contribution < -0.4 is 5.56 Å². The minimum Gasteiger partial charge on any atom is -0.342 e. The van der Waals surface area contributed by atoms with Crippen LogP contribution in [0.3, 0.4) is 0 Å². The zero-order chi connectivity index (χ0) is 13.7. The lowest BCUT2D eigenvalue weighted by Crippen LogP contribution is -2.37. The van der Waals surface area contributed by atoms with E-state index in [1.807, 2.05) is 0 Å². The van der Waals surface area contributed by atoms with Gasteiger partial charge in [0.2, 0.25) is 5.91 Å². The van der Waals surface area contributed by atoms with Crippen molar-refractivity contribution < 1.29 is 9.59 Å². The highest BCUT2D eigenvalue weighted by atomic mass is 16.2. The van der Waals surface area contributed by atoms with E-state index in [2.05, 4.69) is 5.10 Å². The first-order valence-electron chi connectivity index (χ1n) is 6.48. The van der Waals surface area contributed by atoms with Gasteiger partial charge in [-0.15, -0.1) is 0 Å². The summed E-state index contributed by atoms with van der Waals surface area (Å²) in [5, 5.41) is 3.80. The Morgan fingerprint density at radius 2 is 1.95 bits per heavy atom. The number of likely N-dealkylation sites (tertiary alicyclic amines) is 1. The average Bonchev–Trinajstić information content (AvgIpc) is 2.42. The Kier molecular flexibility index (Phi) is 4.43. The molecule has 1 aliphatic heterocycles. The summed E-state index contributed by atoms with van der Waals surface area (Å²) in [6.07, 6.45) is 4.43. The Bertz CT molecular complexity index is 518. The Morgan fingerprint density at radius 1 is 1.21 bits per heavy atom. The van der Waals surface area contributed by atoms with Gasteiger partial charge in [0, 0.05) is 25.4 Å². The molecule has 19 heavy (non-hydrogen) atoms. The van der Waals surface area contributed by atoms with Crippen LogP contribution in [0, 0.1) is 0 Å². The molecule has 6 nitrogen and oxygen atoms in total. The van der Waals surface area contributed by atoms with Crippen molar-refractivity contribution in [2.24, 2.45) is 0 Å². The minimum absolute atomic E-state index is 0.140. The van der Waals surface area contributed by atoms with Crippen molar-refractivity contribution in [2.45, 2.75) is 32.2 Å². The van der Waals surface area contributed by atoms with Crippen LogP contribution in [-0.2, 0) is 16.1 Å². The number of carbonyl (C=O) groups is 2. The summed E-state index contributed by atoms with van der Waals surface area (Å²) < 4.78 is 1.08. The molecule has 0 aromatic carbocycles. The van der Waals surface area contributed by atoms with E-state index in [9.17, 15) is 14.4 Å². The molecule has 1 aromatic rings. The number of amides is 1. The summed E-state index contributed by atoms with van der Waals surface area (Å²) in [6, 6.07) is 2.86. The fourth-order valence-electron chi connectivity index (χ4n) is 2.15. The van der Waals surface area contributed by atoms with E-state index in [0.29, 0.717) is 0 Å². The van der Waals surface area contributed by atoms with Gasteiger partial charge in [0.25, 0.3) is 5.56 Å². The molecule has 1 aromatic heterocycles. The lowest BCUT2D eigenvalue weighted by Gasteiger charge is -2.26. The molecule has 1 aliphatic rings. The third-order valence-electron chi connectivity index (χ3n) is 3.17. The van der Waals surface area contributed by atoms with E-state index in [1.54, 1.807) is 4.90 Å². The number of aromatic nitrogens is 2. The van der Waals surface area contributed by atoms with Gasteiger partial charge in [-0.3, -0.25) is 14.4 Å². The van der Waals surface area contributed by atoms with Crippen LogP contribution in [0.15, 0.2) is 23.1 Å². The van der Waals surface area contributed by atoms with Gasteiger partial charge in [-0.1, -0.05) is 0 Å². The molecule has 1 fully saturated rings. The summed E-state index contributed by atoms with van der Waals surface area (Å²) in [5.41, 5.74) is -0.332. The van der Waals surface area contributed by atoms with Gasteiger partial charge < -0.3 is 4.90 Å². The summed E-state index contributed by atoms with van der Waals surface area (Å²) in [4.78, 5) is 36.8. The smallest absolute Gasteiger partial charge is 0.267 e. The van der Waals surface area contributed by atoms with Crippen molar-refractivity contribution in [3.05, 3.63) is 28.7 Å². The highest BCUT2D eigenvalue weighted by molar-refractivity contribution is 5.97. The molecule has 2 heterocycles. The van der Waals surface area contributed by atoms with E-state index >= 15 is 0 Å². The van der Waals surface area contributed by atoms with Crippen molar-refractivity contribution >= 4 is 11.7 Å². The number of nitrogens with zero attached hydrogens (tertiary/aromatic N) is 3. The van der Waals surface area contributed by atoms with Crippen LogP contribution in [-0.4, -0.2) is 39.5 Å². The second-order valence-corrected chi connectivity index (χ2v) is 4.68. The zero-order valence-corrected chi connectivity index (χ0v) is 10.7. The average molecular weight is 263 g/mol. The first kappa shape index (κ1) is 13.5. The quantitative estimate of drug-likeness (QED) is 0.728. The van der Waals surface area contributed by atoms with Crippen LogP contribution >= 0.6 is 0 Å². The largest absolute Gasteiger partial charge is 0.342 e. The van der Waals surface area contributed by atoms with Gasteiger partial charge in [0.15, 0.2) is 5.78 Å². The molecule has 0 aliphatic carbocycles. The molecule has 1 amide bonds. The normalized spacial score (nSPS) is 15.3. The second kappa shape index (κ2) is 6.26. The molecule has 0 atom stereocenters. The first-order chi connectivity index (χ1) is 9.16. The highest BCUT2D eigenvalue weighted by Crippen LogP contribution is 2.10. The molecule has 0 N–H and O–H groups in total. The van der Waals surface area contributed by atoms with E-state index in [4.69, 9.17) is 0 Å². The van der Waals surface area contributed by atoms with Gasteiger partial charge >= 0.3 is 0 Å². The fraction of sp³-hybridized carbons (Fsp3) is 0.538. The lowest BCUT2D eigenvalue weighted by atomic mass is 10.1. The predicted octanol–water partition coefficient (Wildman–Crippen LogP) is 0.215. The summed E-state index contributed by atoms with van der Waals surface area (Å²) in [7, 11) is 0. The van der Waals surface area contributed by atoms with Crippen molar-refractivity contribution in [1.29, 1.82) is 0 Å². The Labute approximate surface area is 111 Å². The maximum absolute atomic E-state index is 11.9. The fourth-order valence-corrected chi connectivity index (χ4v) is 2.15. The third kappa shape index (κ3) is 3.74. The Balaban J connectivity index is 1.89. The molecule has 0 spiro atoms. The highest BCUT2D eigenvalue weighted by Gasteiger charge is 2.19. The first-order valence-corrected chi connectivity index (χ1v) is 6.48. The third-order valence-corrected chi connectivity index (χ3v) is 3.17. The minimum atomic E-state index is -0.332. The molecule has 0 unspecified atom stereocenters. The molecular weight excluding hydrogens is 246 g/mol. The maximum Gasteiger partial charge on any atom is 0.267 e. The van der Waals surface area contributed by atoms with Crippen LogP contribution in [0.4, 0.5) is 0 Å². The van der Waals surface area contributed by atoms with Crippen molar-refractivity contribution in [2.75, 3.05) is 13.1 Å². The molecule has 1 saturated heterocycles. The summed E-state index contributed by atoms with van der Waals surface area (Å²) in [6.45, 7) is 1.32. The number of Topliss-reactive ketones (excluding diaryl/α,β-unsaturated/α-hetero) is 1. The molecule has 2 rings (SSSR count). The van der Waals surface area contributed by atoms with Gasteiger partial charge in [-0.2, -0.15) is 5.10 Å². The van der Waals surface area contributed by atoms with Crippen molar-refractivity contribution in [1.82, 2.24) is 14.7 Å². The van der Waals surface area contributed by atoms with E-state index < -0.39 is 0 Å². The zero-order valence-electron chi connectivity index (χ0n) is 10.7. The molecule has 0 saturated carbocycles. The molecular formula is C13H17N3O3. The Hall–Kier alpha value is -1.98. The van der Waals surface area contributed by atoms with Gasteiger partial charge in [0.1, 0.15) is 6.54 Å². The second-order valence-electron chi connectivity index (χ2n) is 4.68. The van der Waals surface area contributed by atoms with Gasteiger partial charge in [-0.25, -0.2) is 4.68 Å². The van der Waals surface area contributed by atoms with Crippen LogP contribution in [0.1, 0.15) is 25.7 Å². The van der Waals surface area contributed by atoms with Crippen molar-refractivity contribution in [3.8, 4) is 0 Å². The molecule has 0 bridgehead atoms. The van der Waals surface area contributed by atoms with Gasteiger partial charge in [0.05, 0.1) is 6.42 Å². The number of ketones is 1. The summed E-state index contributed by atoms with van der Waals surface area (Å²) >= 11 is 0. The predicted molar refractivity (Wildman–Crippen MR) is 68.6 cm³/mol. The number of rotatable bonds is 4. The monoisotopic (exact) mass is 263 g/mol. The standard InChI is InChI=1S/C13H17N3O3/c17-11(10-16-12(18)5-4-6-14-16)9-13(19)15-7-2-1-3-8-15/h4-6H,1-3,7-10H2. The molecule has 102 valence electrons. The van der Waals surface area contributed by atoms with Crippen LogP contribution in [0.2, 0.25) is 0 Å². The maximum atomic E-state index is 11.9. The molecule has 6 heteroatoms. The van der Waals surface area contributed by atoms with Crippen molar-refractivity contribution in [3.63, 3.8) is 0 Å². The van der Waals surface area contributed by atoms with E-state index in [-0.39, 0.29) is 30.2 Å². The number of carbonyl (C=O) groups excluding carboxylic acids is 2. The van der Waals surface area contributed by atoms with Crippen LogP contribution in [0.5, 0.6) is 0 Å². The SMILES string of the molecule is O=C(CC(=O)N1CCCCC1)Cn1ncccc1=O. The molecule has 0 radical (unpaired) electrons. The topological polar surface area (TPSA) is 72.3 Å². The number of hydrogen-bond acceptors (Lipinski definition) is 4. The lowest BCUT2D eigenvalue weighted by molar-refractivity contribution is -0.136. The Morgan fingerprint density at radius 3 is 2.63 bits per heavy atom. The van der Waals surface area contributed by atoms with Crippen LogP contribution in [0.25, 0.3) is 0 Å². The number of hydrogen-bond donors (Lipinski definition) is 0. The number of piperidine rings is 1. The van der Waals surface area contributed by atoms with E-state index in [0.717, 1.165) is 37.0 Å².